The minimum atomic E-state index is -2.97. The molecule has 26 heavy (non-hydrogen) atoms. The predicted octanol–water partition coefficient (Wildman–Crippen LogP) is 1.73. The van der Waals surface area contributed by atoms with Gasteiger partial charge in [0.25, 0.3) is 0 Å². The number of hydrogen-bond acceptors (Lipinski definition) is 5. The number of nitrogens with zero attached hydrogens (tertiary/aromatic N) is 1. The smallest absolute Gasteiger partial charge is 0.191 e. The third kappa shape index (κ3) is 6.74. The summed E-state index contributed by atoms with van der Waals surface area (Å²) in [4.78, 5) is 4.62. The van der Waals surface area contributed by atoms with E-state index in [0.29, 0.717) is 32.1 Å². The van der Waals surface area contributed by atoms with Crippen LogP contribution in [0.25, 0.3) is 0 Å². The summed E-state index contributed by atoms with van der Waals surface area (Å²) in [5.74, 6) is 2.32. The Hall–Kier alpha value is -1.96. The van der Waals surface area contributed by atoms with Crippen LogP contribution < -0.4 is 20.1 Å². The Kier molecular flexibility index (Phi) is 7.56. The Labute approximate surface area is 156 Å². The molecule has 7 nitrogen and oxygen atoms in total. The van der Waals surface area contributed by atoms with Crippen molar-refractivity contribution < 1.29 is 17.9 Å². The lowest BCUT2D eigenvalue weighted by Gasteiger charge is -2.18. The topological polar surface area (TPSA) is 89.0 Å². The van der Waals surface area contributed by atoms with E-state index in [2.05, 4.69) is 15.6 Å². The minimum Gasteiger partial charge on any atom is -0.490 e. The van der Waals surface area contributed by atoms with Gasteiger partial charge in [0.1, 0.15) is 9.84 Å². The molecule has 1 aliphatic heterocycles. The number of para-hydroxylation sites is 1. The maximum Gasteiger partial charge on any atom is 0.191 e. The van der Waals surface area contributed by atoms with Gasteiger partial charge in [-0.05, 0) is 26.3 Å². The molecule has 0 saturated heterocycles. The first-order chi connectivity index (χ1) is 12.4. The molecule has 1 aromatic rings. The molecule has 1 atom stereocenters. The van der Waals surface area contributed by atoms with Gasteiger partial charge in [0.2, 0.25) is 0 Å². The van der Waals surface area contributed by atoms with Crippen molar-refractivity contribution in [1.29, 1.82) is 0 Å². The molecule has 1 aromatic carbocycles. The van der Waals surface area contributed by atoms with Crippen LogP contribution in [-0.4, -0.2) is 52.2 Å². The second kappa shape index (κ2) is 9.66. The van der Waals surface area contributed by atoms with E-state index in [0.717, 1.165) is 30.0 Å². The average molecular weight is 384 g/mol. The highest BCUT2D eigenvalue weighted by Crippen LogP contribution is 2.33. The number of hydrogen-bond donors (Lipinski definition) is 2. The number of sulfone groups is 1. The molecule has 0 aliphatic carbocycles. The number of benzene rings is 1. The van der Waals surface area contributed by atoms with Gasteiger partial charge in [-0.1, -0.05) is 12.1 Å². The highest BCUT2D eigenvalue weighted by atomic mass is 32.2. The number of rotatable bonds is 7. The van der Waals surface area contributed by atoms with Crippen molar-refractivity contribution in [1.82, 2.24) is 10.6 Å². The van der Waals surface area contributed by atoms with Crippen molar-refractivity contribution in [2.45, 2.75) is 39.3 Å². The van der Waals surface area contributed by atoms with Crippen LogP contribution in [0.3, 0.4) is 0 Å². The summed E-state index contributed by atoms with van der Waals surface area (Å²) < 4.78 is 34.2. The normalized spacial score (nSPS) is 15.9. The summed E-state index contributed by atoms with van der Waals surface area (Å²) in [7, 11) is -2.97. The Morgan fingerprint density at radius 1 is 1.31 bits per heavy atom. The first-order valence-corrected chi connectivity index (χ1v) is 11.0. The molecular weight excluding hydrogens is 354 g/mol. The highest BCUT2D eigenvalue weighted by Gasteiger charge is 2.15. The molecule has 0 fully saturated rings. The molecule has 0 saturated carbocycles. The van der Waals surface area contributed by atoms with Gasteiger partial charge in [0.15, 0.2) is 17.5 Å². The van der Waals surface area contributed by atoms with E-state index >= 15 is 0 Å². The standard InChI is InChI=1S/C18H29N3O4S/c1-4-19-18(21-14(2)9-12-26(3,22)23)20-13-15-7-5-8-16-17(15)25-11-6-10-24-16/h5,7-8,14H,4,6,9-13H2,1-3H3,(H2,19,20,21). The molecule has 2 rings (SSSR count). The zero-order chi connectivity index (χ0) is 19.0. The van der Waals surface area contributed by atoms with E-state index < -0.39 is 9.84 Å². The molecule has 0 radical (unpaired) electrons. The summed E-state index contributed by atoms with van der Waals surface area (Å²) >= 11 is 0. The first-order valence-electron chi connectivity index (χ1n) is 8.99. The van der Waals surface area contributed by atoms with Crippen molar-refractivity contribution >= 4 is 15.8 Å². The van der Waals surface area contributed by atoms with Gasteiger partial charge < -0.3 is 20.1 Å². The Morgan fingerprint density at radius 3 is 2.81 bits per heavy atom. The molecule has 0 spiro atoms. The van der Waals surface area contributed by atoms with E-state index in [9.17, 15) is 8.42 Å². The maximum absolute atomic E-state index is 11.3. The average Bonchev–Trinajstić information content (AvgIpc) is 2.83. The maximum atomic E-state index is 11.3. The summed E-state index contributed by atoms with van der Waals surface area (Å²) in [5, 5.41) is 6.45. The number of nitrogens with one attached hydrogen (secondary N) is 2. The van der Waals surface area contributed by atoms with Crippen LogP contribution in [0.4, 0.5) is 0 Å². The second-order valence-corrected chi connectivity index (χ2v) is 8.71. The minimum absolute atomic E-state index is 0.00463. The van der Waals surface area contributed by atoms with Gasteiger partial charge in [-0.15, -0.1) is 0 Å². The quantitative estimate of drug-likeness (QED) is 0.551. The van der Waals surface area contributed by atoms with Gasteiger partial charge in [-0.2, -0.15) is 0 Å². The van der Waals surface area contributed by atoms with E-state index in [1.54, 1.807) is 0 Å². The van der Waals surface area contributed by atoms with Crippen LogP contribution in [0, 0.1) is 0 Å². The fraction of sp³-hybridized carbons (Fsp3) is 0.611. The fourth-order valence-electron chi connectivity index (χ4n) is 2.56. The zero-order valence-electron chi connectivity index (χ0n) is 15.7. The van der Waals surface area contributed by atoms with Crippen LogP contribution in [0.5, 0.6) is 11.5 Å². The molecule has 1 aliphatic rings. The molecule has 1 unspecified atom stereocenters. The number of aliphatic imine (C=N–C) groups is 1. The summed E-state index contributed by atoms with van der Waals surface area (Å²) in [6, 6.07) is 5.82. The number of fused-ring (bicyclic) bond motifs is 1. The molecule has 0 bridgehead atoms. The lowest BCUT2D eigenvalue weighted by molar-refractivity contribution is 0.296. The third-order valence-electron chi connectivity index (χ3n) is 3.91. The summed E-state index contributed by atoms with van der Waals surface area (Å²) in [6.07, 6.45) is 2.64. The van der Waals surface area contributed by atoms with Crippen LogP contribution in [0.1, 0.15) is 32.3 Å². The van der Waals surface area contributed by atoms with Gasteiger partial charge in [-0.3, -0.25) is 0 Å². The predicted molar refractivity (Wildman–Crippen MR) is 104 cm³/mol. The van der Waals surface area contributed by atoms with Gasteiger partial charge in [0.05, 0.1) is 25.5 Å². The van der Waals surface area contributed by atoms with Crippen molar-refractivity contribution in [3.05, 3.63) is 23.8 Å². The highest BCUT2D eigenvalue weighted by molar-refractivity contribution is 7.90. The van der Waals surface area contributed by atoms with E-state index in [1.165, 1.54) is 6.26 Å². The largest absolute Gasteiger partial charge is 0.490 e. The SMILES string of the molecule is CCNC(=NCc1cccc2c1OCCCO2)NC(C)CCS(C)(=O)=O. The van der Waals surface area contributed by atoms with Gasteiger partial charge in [-0.25, -0.2) is 13.4 Å². The van der Waals surface area contributed by atoms with Gasteiger partial charge in [0, 0.05) is 30.8 Å². The van der Waals surface area contributed by atoms with Crippen molar-refractivity contribution in [2.24, 2.45) is 4.99 Å². The van der Waals surface area contributed by atoms with Crippen LogP contribution in [0.15, 0.2) is 23.2 Å². The third-order valence-corrected chi connectivity index (χ3v) is 4.89. The van der Waals surface area contributed by atoms with E-state index in [4.69, 9.17) is 9.47 Å². The monoisotopic (exact) mass is 383 g/mol. The van der Waals surface area contributed by atoms with Crippen molar-refractivity contribution in [3.63, 3.8) is 0 Å². The van der Waals surface area contributed by atoms with Crippen molar-refractivity contribution in [2.75, 3.05) is 31.8 Å². The van der Waals surface area contributed by atoms with Gasteiger partial charge >= 0.3 is 0 Å². The molecule has 0 amide bonds. The lowest BCUT2D eigenvalue weighted by atomic mass is 10.2. The van der Waals surface area contributed by atoms with Crippen LogP contribution in [-0.2, 0) is 16.4 Å². The van der Waals surface area contributed by atoms with Crippen molar-refractivity contribution in [3.8, 4) is 11.5 Å². The van der Waals surface area contributed by atoms with E-state index in [-0.39, 0.29) is 11.8 Å². The summed E-state index contributed by atoms with van der Waals surface area (Å²) in [6.45, 7) is 6.39. The number of ether oxygens (including phenoxy) is 2. The Balaban J connectivity index is 2.05. The Bertz CT molecular complexity index is 719. The molecule has 2 N–H and O–H groups in total. The summed E-state index contributed by atoms with van der Waals surface area (Å²) in [5.41, 5.74) is 0.963. The zero-order valence-corrected chi connectivity index (χ0v) is 16.6. The molecule has 1 heterocycles. The van der Waals surface area contributed by atoms with E-state index in [1.807, 2.05) is 32.0 Å². The molecular formula is C18H29N3O4S. The fourth-order valence-corrected chi connectivity index (χ4v) is 3.34. The second-order valence-electron chi connectivity index (χ2n) is 6.45. The molecule has 146 valence electrons. The van der Waals surface area contributed by atoms with Crippen LogP contribution in [0.2, 0.25) is 0 Å². The first kappa shape index (κ1) is 20.4. The molecule has 0 aromatic heterocycles. The lowest BCUT2D eigenvalue weighted by Crippen LogP contribution is -2.42. The molecule has 8 heteroatoms. The Morgan fingerprint density at radius 2 is 2.08 bits per heavy atom. The number of guanidine groups is 1. The van der Waals surface area contributed by atoms with Crippen LogP contribution >= 0.6 is 0 Å².